The minimum atomic E-state index is -0.475. The first-order chi connectivity index (χ1) is 13.0. The van der Waals surface area contributed by atoms with Gasteiger partial charge in [0.25, 0.3) is 0 Å². The van der Waals surface area contributed by atoms with Gasteiger partial charge in [0, 0.05) is 50.3 Å². The van der Waals surface area contributed by atoms with E-state index in [4.69, 9.17) is 10.5 Å². The number of ether oxygens (including phenoxy) is 1. The fraction of sp³-hybridized carbons (Fsp3) is 0.368. The zero-order valence-electron chi connectivity index (χ0n) is 14.8. The summed E-state index contributed by atoms with van der Waals surface area (Å²) in [6.07, 6.45) is 4.74. The summed E-state index contributed by atoms with van der Waals surface area (Å²) >= 11 is 0. The summed E-state index contributed by atoms with van der Waals surface area (Å²) in [4.78, 5) is 33.3. The van der Waals surface area contributed by atoms with Crippen molar-refractivity contribution in [3.8, 4) is 11.6 Å². The van der Waals surface area contributed by atoms with Crippen LogP contribution in [0, 0.1) is 5.82 Å². The van der Waals surface area contributed by atoms with Crippen LogP contribution in [0.15, 0.2) is 36.7 Å². The standard InChI is InChI=1S/C19H21FN4O3/c20-14-2-1-3-15(12-14)27-19-18(22-8-9-23-19)13-6-10-24(11-7-13)17(26)5-4-16(21)25/h1-3,8-9,12-13H,4-7,10-11H2,(H2,21,25). The second-order valence-electron chi connectivity index (χ2n) is 6.43. The lowest BCUT2D eigenvalue weighted by molar-refractivity contribution is -0.134. The minimum Gasteiger partial charge on any atom is -0.437 e. The van der Waals surface area contributed by atoms with E-state index >= 15 is 0 Å². The Hall–Kier alpha value is -3.03. The summed E-state index contributed by atoms with van der Waals surface area (Å²) in [5.74, 6) is -0.139. The fourth-order valence-corrected chi connectivity index (χ4v) is 3.13. The Labute approximate surface area is 156 Å². The van der Waals surface area contributed by atoms with Crippen molar-refractivity contribution in [3.63, 3.8) is 0 Å². The molecule has 0 unspecified atom stereocenters. The molecule has 142 valence electrons. The van der Waals surface area contributed by atoms with Gasteiger partial charge in [-0.15, -0.1) is 0 Å². The predicted molar refractivity (Wildman–Crippen MR) is 95.5 cm³/mol. The largest absolute Gasteiger partial charge is 0.437 e. The number of carbonyl (C=O) groups excluding carboxylic acids is 2. The van der Waals surface area contributed by atoms with Crippen LogP contribution in [0.5, 0.6) is 11.6 Å². The number of rotatable bonds is 6. The van der Waals surface area contributed by atoms with Crippen LogP contribution in [0.25, 0.3) is 0 Å². The molecular weight excluding hydrogens is 351 g/mol. The molecule has 1 fully saturated rings. The molecule has 2 N–H and O–H groups in total. The Kier molecular flexibility index (Phi) is 5.95. The highest BCUT2D eigenvalue weighted by Crippen LogP contribution is 2.33. The smallest absolute Gasteiger partial charge is 0.241 e. The van der Waals surface area contributed by atoms with Gasteiger partial charge in [0.05, 0.1) is 0 Å². The number of likely N-dealkylation sites (tertiary alicyclic amines) is 1. The Balaban J connectivity index is 1.64. The van der Waals surface area contributed by atoms with E-state index in [0.29, 0.717) is 43.3 Å². The van der Waals surface area contributed by atoms with E-state index in [9.17, 15) is 14.0 Å². The Bertz CT molecular complexity index is 822. The topological polar surface area (TPSA) is 98.4 Å². The fourth-order valence-electron chi connectivity index (χ4n) is 3.13. The van der Waals surface area contributed by atoms with Gasteiger partial charge in [-0.3, -0.25) is 14.6 Å². The zero-order valence-corrected chi connectivity index (χ0v) is 14.8. The highest BCUT2D eigenvalue weighted by Gasteiger charge is 2.27. The van der Waals surface area contributed by atoms with Crippen molar-refractivity contribution in [2.45, 2.75) is 31.6 Å². The molecule has 2 heterocycles. The summed E-state index contributed by atoms with van der Waals surface area (Å²) in [6.45, 7) is 1.14. The molecule has 1 saturated heterocycles. The van der Waals surface area contributed by atoms with Crippen LogP contribution >= 0.6 is 0 Å². The molecule has 2 aromatic rings. The Morgan fingerprint density at radius 3 is 2.63 bits per heavy atom. The molecule has 2 amide bonds. The van der Waals surface area contributed by atoms with Crippen LogP contribution in [-0.4, -0.2) is 39.8 Å². The normalized spacial score (nSPS) is 14.8. The van der Waals surface area contributed by atoms with Gasteiger partial charge >= 0.3 is 0 Å². The first-order valence-corrected chi connectivity index (χ1v) is 8.83. The van der Waals surface area contributed by atoms with Crippen molar-refractivity contribution < 1.29 is 18.7 Å². The van der Waals surface area contributed by atoms with Crippen molar-refractivity contribution in [3.05, 3.63) is 48.2 Å². The van der Waals surface area contributed by atoms with E-state index < -0.39 is 5.91 Å². The molecule has 0 atom stereocenters. The number of amides is 2. The number of hydrogen-bond acceptors (Lipinski definition) is 5. The first kappa shape index (κ1) is 18.8. The molecule has 8 heteroatoms. The Morgan fingerprint density at radius 1 is 1.19 bits per heavy atom. The third kappa shape index (κ3) is 4.99. The van der Waals surface area contributed by atoms with Gasteiger partial charge in [-0.1, -0.05) is 6.07 Å². The van der Waals surface area contributed by atoms with Gasteiger partial charge in [0.15, 0.2) is 0 Å². The quantitative estimate of drug-likeness (QED) is 0.839. The average Bonchev–Trinajstić information content (AvgIpc) is 2.67. The molecule has 1 aliphatic heterocycles. The lowest BCUT2D eigenvalue weighted by Crippen LogP contribution is -2.38. The van der Waals surface area contributed by atoms with E-state index in [1.54, 1.807) is 23.2 Å². The highest BCUT2D eigenvalue weighted by molar-refractivity contribution is 5.82. The van der Waals surface area contributed by atoms with Crippen LogP contribution < -0.4 is 10.5 Å². The number of halogens is 1. The molecule has 0 radical (unpaired) electrons. The number of benzene rings is 1. The molecule has 7 nitrogen and oxygen atoms in total. The maximum atomic E-state index is 13.4. The van der Waals surface area contributed by atoms with Gasteiger partial charge in [-0.2, -0.15) is 0 Å². The number of hydrogen-bond donors (Lipinski definition) is 1. The van der Waals surface area contributed by atoms with Crippen molar-refractivity contribution in [2.75, 3.05) is 13.1 Å². The monoisotopic (exact) mass is 372 g/mol. The summed E-state index contributed by atoms with van der Waals surface area (Å²) < 4.78 is 19.1. The van der Waals surface area contributed by atoms with Crippen molar-refractivity contribution in [2.24, 2.45) is 5.73 Å². The van der Waals surface area contributed by atoms with E-state index in [0.717, 1.165) is 0 Å². The molecule has 0 aliphatic carbocycles. The van der Waals surface area contributed by atoms with Crippen LogP contribution in [0.4, 0.5) is 4.39 Å². The molecule has 0 bridgehead atoms. The third-order valence-electron chi connectivity index (χ3n) is 4.52. The molecular formula is C19H21FN4O3. The lowest BCUT2D eigenvalue weighted by Gasteiger charge is -2.32. The predicted octanol–water partition coefficient (Wildman–Crippen LogP) is 2.38. The van der Waals surface area contributed by atoms with E-state index in [2.05, 4.69) is 9.97 Å². The van der Waals surface area contributed by atoms with Gasteiger partial charge in [-0.05, 0) is 25.0 Å². The molecule has 0 spiro atoms. The van der Waals surface area contributed by atoms with Crippen molar-refractivity contribution in [1.29, 1.82) is 0 Å². The SMILES string of the molecule is NC(=O)CCC(=O)N1CCC(c2nccnc2Oc2cccc(F)c2)CC1. The van der Waals surface area contributed by atoms with E-state index in [-0.39, 0.29) is 30.5 Å². The zero-order chi connectivity index (χ0) is 19.2. The van der Waals surface area contributed by atoms with Gasteiger partial charge in [-0.25, -0.2) is 9.37 Å². The van der Waals surface area contributed by atoms with E-state index in [1.165, 1.54) is 18.3 Å². The highest BCUT2D eigenvalue weighted by atomic mass is 19.1. The number of carbonyl (C=O) groups is 2. The van der Waals surface area contributed by atoms with Crippen LogP contribution in [0.1, 0.15) is 37.3 Å². The summed E-state index contributed by atoms with van der Waals surface area (Å²) in [5.41, 5.74) is 5.80. The number of primary amides is 1. The van der Waals surface area contributed by atoms with Crippen molar-refractivity contribution in [1.82, 2.24) is 14.9 Å². The maximum absolute atomic E-state index is 13.4. The minimum absolute atomic E-state index is 0.0640. The van der Waals surface area contributed by atoms with Crippen LogP contribution in [0.2, 0.25) is 0 Å². The Morgan fingerprint density at radius 2 is 1.93 bits per heavy atom. The van der Waals surface area contributed by atoms with Gasteiger partial charge in [0.2, 0.25) is 17.7 Å². The summed E-state index contributed by atoms with van der Waals surface area (Å²) in [7, 11) is 0. The van der Waals surface area contributed by atoms with Gasteiger partial charge < -0.3 is 15.4 Å². The average molecular weight is 372 g/mol. The summed E-state index contributed by atoms with van der Waals surface area (Å²) in [6, 6.07) is 5.85. The molecule has 0 saturated carbocycles. The number of nitrogens with two attached hydrogens (primary N) is 1. The number of aromatic nitrogens is 2. The second-order valence-corrected chi connectivity index (χ2v) is 6.43. The molecule has 27 heavy (non-hydrogen) atoms. The van der Waals surface area contributed by atoms with Crippen molar-refractivity contribution >= 4 is 11.8 Å². The van der Waals surface area contributed by atoms with Crippen LogP contribution in [-0.2, 0) is 9.59 Å². The number of nitrogens with zero attached hydrogens (tertiary/aromatic N) is 3. The molecule has 1 aromatic heterocycles. The molecule has 1 aromatic carbocycles. The van der Waals surface area contributed by atoms with E-state index in [1.807, 2.05) is 0 Å². The molecule has 1 aliphatic rings. The molecule has 3 rings (SSSR count). The lowest BCUT2D eigenvalue weighted by atomic mass is 9.93. The maximum Gasteiger partial charge on any atom is 0.241 e. The van der Waals surface area contributed by atoms with Gasteiger partial charge in [0.1, 0.15) is 17.3 Å². The third-order valence-corrected chi connectivity index (χ3v) is 4.52. The van der Waals surface area contributed by atoms with Crippen LogP contribution in [0.3, 0.4) is 0 Å². The number of piperidine rings is 1. The summed E-state index contributed by atoms with van der Waals surface area (Å²) in [5, 5.41) is 0. The second kappa shape index (κ2) is 8.57. The first-order valence-electron chi connectivity index (χ1n) is 8.83.